The van der Waals surface area contributed by atoms with Crippen LogP contribution >= 0.6 is 11.6 Å². The van der Waals surface area contributed by atoms with Crippen molar-refractivity contribution in [1.82, 2.24) is 8.61 Å². The molecule has 0 spiro atoms. The van der Waals surface area contributed by atoms with Gasteiger partial charge in [-0.1, -0.05) is 23.7 Å². The lowest BCUT2D eigenvalue weighted by atomic mass is 10.2. The van der Waals surface area contributed by atoms with Gasteiger partial charge in [0.15, 0.2) is 0 Å². The molecule has 0 aromatic heterocycles. The molecule has 2 rings (SSSR count). The Morgan fingerprint density at radius 3 is 2.33 bits per heavy atom. The minimum atomic E-state index is -3.31. The van der Waals surface area contributed by atoms with Gasteiger partial charge in [-0.3, -0.25) is 0 Å². The average Bonchev–Trinajstić information content (AvgIpc) is 2.86. The zero-order valence-electron chi connectivity index (χ0n) is 10.3. The van der Waals surface area contributed by atoms with Gasteiger partial charge in [-0.15, -0.1) is 0 Å². The van der Waals surface area contributed by atoms with E-state index in [4.69, 9.17) is 11.6 Å². The first kappa shape index (κ1) is 13.8. The number of halogens is 1. The van der Waals surface area contributed by atoms with Gasteiger partial charge in [0.1, 0.15) is 0 Å². The van der Waals surface area contributed by atoms with Crippen LogP contribution in [0.3, 0.4) is 0 Å². The number of rotatable bonds is 4. The molecule has 1 heterocycles. The van der Waals surface area contributed by atoms with Crippen molar-refractivity contribution < 1.29 is 8.42 Å². The van der Waals surface area contributed by atoms with Crippen molar-refractivity contribution in [2.75, 3.05) is 20.1 Å². The highest BCUT2D eigenvalue weighted by atomic mass is 35.5. The first-order valence-electron chi connectivity index (χ1n) is 5.96. The topological polar surface area (TPSA) is 40.6 Å². The van der Waals surface area contributed by atoms with E-state index < -0.39 is 10.2 Å². The van der Waals surface area contributed by atoms with Crippen LogP contribution < -0.4 is 0 Å². The Morgan fingerprint density at radius 2 is 1.78 bits per heavy atom. The first-order chi connectivity index (χ1) is 8.50. The van der Waals surface area contributed by atoms with E-state index in [0.29, 0.717) is 24.7 Å². The number of nitrogens with zero attached hydrogens (tertiary/aromatic N) is 2. The number of benzene rings is 1. The lowest BCUT2D eigenvalue weighted by molar-refractivity contribution is 0.392. The van der Waals surface area contributed by atoms with E-state index in [9.17, 15) is 8.42 Å². The van der Waals surface area contributed by atoms with Crippen LogP contribution in [0.1, 0.15) is 18.4 Å². The van der Waals surface area contributed by atoms with Crippen molar-refractivity contribution >= 4 is 21.8 Å². The minimum absolute atomic E-state index is 0.371. The third kappa shape index (κ3) is 3.03. The molecule has 1 aromatic carbocycles. The van der Waals surface area contributed by atoms with E-state index in [1.54, 1.807) is 23.5 Å². The van der Waals surface area contributed by atoms with Crippen LogP contribution in [0.2, 0.25) is 5.02 Å². The molecule has 0 radical (unpaired) electrons. The van der Waals surface area contributed by atoms with E-state index >= 15 is 0 Å². The third-order valence-corrected chi connectivity index (χ3v) is 5.29. The first-order valence-corrected chi connectivity index (χ1v) is 7.73. The van der Waals surface area contributed by atoms with E-state index in [-0.39, 0.29) is 0 Å². The maximum Gasteiger partial charge on any atom is 0.282 e. The quantitative estimate of drug-likeness (QED) is 0.851. The van der Waals surface area contributed by atoms with Gasteiger partial charge in [0.05, 0.1) is 0 Å². The van der Waals surface area contributed by atoms with Gasteiger partial charge in [0.2, 0.25) is 0 Å². The summed E-state index contributed by atoms with van der Waals surface area (Å²) in [6, 6.07) is 7.23. The van der Waals surface area contributed by atoms with Crippen molar-refractivity contribution in [3.8, 4) is 0 Å². The molecule has 0 atom stereocenters. The van der Waals surface area contributed by atoms with Crippen molar-refractivity contribution in [3.05, 3.63) is 34.9 Å². The van der Waals surface area contributed by atoms with Gasteiger partial charge >= 0.3 is 0 Å². The molecule has 0 N–H and O–H groups in total. The fraction of sp³-hybridized carbons (Fsp3) is 0.500. The van der Waals surface area contributed by atoms with Crippen LogP contribution in [-0.2, 0) is 16.8 Å². The molecule has 100 valence electrons. The van der Waals surface area contributed by atoms with Crippen molar-refractivity contribution in [3.63, 3.8) is 0 Å². The second kappa shape index (κ2) is 5.57. The molecule has 4 nitrogen and oxygen atoms in total. The molecule has 6 heteroatoms. The average molecular weight is 289 g/mol. The Hall–Kier alpha value is -0.620. The zero-order valence-corrected chi connectivity index (χ0v) is 11.9. The summed E-state index contributed by atoms with van der Waals surface area (Å²) in [4.78, 5) is 0. The van der Waals surface area contributed by atoms with Gasteiger partial charge in [-0.25, -0.2) is 0 Å². The van der Waals surface area contributed by atoms with Crippen molar-refractivity contribution in [2.24, 2.45) is 0 Å². The van der Waals surface area contributed by atoms with Crippen LogP contribution in [0.15, 0.2) is 24.3 Å². The summed E-state index contributed by atoms with van der Waals surface area (Å²) in [5.74, 6) is 0. The summed E-state index contributed by atoms with van der Waals surface area (Å²) in [6.07, 6.45) is 1.90. The van der Waals surface area contributed by atoms with Gasteiger partial charge in [-0.05, 0) is 30.5 Å². The highest BCUT2D eigenvalue weighted by Gasteiger charge is 2.29. The SMILES string of the molecule is CN(Cc1ccc(Cl)cc1)S(=O)(=O)N1CCCC1. The Kier molecular flexibility index (Phi) is 4.27. The molecule has 1 saturated heterocycles. The summed E-state index contributed by atoms with van der Waals surface area (Å²) < 4.78 is 27.4. The standard InChI is InChI=1S/C12H17ClN2O2S/c1-14(10-11-4-6-12(13)7-5-11)18(16,17)15-8-2-3-9-15/h4-7H,2-3,8-10H2,1H3. The largest absolute Gasteiger partial charge is 0.282 e. The lowest BCUT2D eigenvalue weighted by Crippen LogP contribution is -2.39. The maximum absolute atomic E-state index is 12.2. The smallest absolute Gasteiger partial charge is 0.195 e. The number of hydrogen-bond acceptors (Lipinski definition) is 2. The van der Waals surface area contributed by atoms with Crippen LogP contribution in [-0.4, -0.2) is 37.2 Å². The zero-order chi connectivity index (χ0) is 13.2. The van der Waals surface area contributed by atoms with Gasteiger partial charge in [0, 0.05) is 31.7 Å². The molecule has 0 aliphatic carbocycles. The second-order valence-electron chi connectivity index (χ2n) is 4.50. The van der Waals surface area contributed by atoms with Crippen LogP contribution in [0.5, 0.6) is 0 Å². The van der Waals surface area contributed by atoms with Gasteiger partial charge in [-0.2, -0.15) is 17.0 Å². The van der Waals surface area contributed by atoms with Gasteiger partial charge < -0.3 is 0 Å². The molecule has 1 fully saturated rings. The Morgan fingerprint density at radius 1 is 1.22 bits per heavy atom. The van der Waals surface area contributed by atoms with Crippen molar-refractivity contribution in [1.29, 1.82) is 0 Å². The molecule has 0 amide bonds. The predicted molar refractivity (Wildman–Crippen MR) is 72.6 cm³/mol. The van der Waals surface area contributed by atoms with Crippen LogP contribution in [0.4, 0.5) is 0 Å². The van der Waals surface area contributed by atoms with E-state index in [2.05, 4.69) is 0 Å². The highest BCUT2D eigenvalue weighted by Crippen LogP contribution is 2.18. The van der Waals surface area contributed by atoms with E-state index in [1.807, 2.05) is 12.1 Å². The fourth-order valence-corrected chi connectivity index (χ4v) is 3.60. The molecule has 18 heavy (non-hydrogen) atoms. The Labute approximate surface area is 113 Å². The molecule has 0 bridgehead atoms. The van der Waals surface area contributed by atoms with Crippen LogP contribution in [0.25, 0.3) is 0 Å². The molecule has 1 aliphatic rings. The lowest BCUT2D eigenvalue weighted by Gasteiger charge is -2.23. The summed E-state index contributed by atoms with van der Waals surface area (Å²) in [5, 5.41) is 0.656. The maximum atomic E-state index is 12.2. The highest BCUT2D eigenvalue weighted by molar-refractivity contribution is 7.86. The van der Waals surface area contributed by atoms with E-state index in [1.165, 1.54) is 4.31 Å². The molecule has 1 aliphatic heterocycles. The molecular weight excluding hydrogens is 272 g/mol. The molecular formula is C12H17ClN2O2S. The summed E-state index contributed by atoms with van der Waals surface area (Å²) in [5.41, 5.74) is 0.935. The van der Waals surface area contributed by atoms with Crippen molar-refractivity contribution in [2.45, 2.75) is 19.4 Å². The summed E-state index contributed by atoms with van der Waals surface area (Å²) >= 11 is 5.80. The molecule has 1 aromatic rings. The van der Waals surface area contributed by atoms with Crippen LogP contribution in [0, 0.1) is 0 Å². The second-order valence-corrected chi connectivity index (χ2v) is 6.97. The van der Waals surface area contributed by atoms with E-state index in [0.717, 1.165) is 18.4 Å². The fourth-order valence-electron chi connectivity index (χ4n) is 2.04. The Balaban J connectivity index is 2.06. The monoisotopic (exact) mass is 288 g/mol. The minimum Gasteiger partial charge on any atom is -0.195 e. The summed E-state index contributed by atoms with van der Waals surface area (Å²) in [6.45, 7) is 1.64. The molecule has 0 unspecified atom stereocenters. The summed E-state index contributed by atoms with van der Waals surface area (Å²) in [7, 11) is -1.70. The van der Waals surface area contributed by atoms with Gasteiger partial charge in [0.25, 0.3) is 10.2 Å². The molecule has 0 saturated carbocycles. The normalized spacial score (nSPS) is 17.5. The Bertz CT molecular complexity index is 495. The number of hydrogen-bond donors (Lipinski definition) is 0. The third-order valence-electron chi connectivity index (χ3n) is 3.10. The predicted octanol–water partition coefficient (Wildman–Crippen LogP) is 2.11.